The van der Waals surface area contributed by atoms with Crippen LogP contribution in [0.4, 0.5) is 4.39 Å². The van der Waals surface area contributed by atoms with Crippen molar-refractivity contribution < 1.29 is 13.9 Å². The lowest BCUT2D eigenvalue weighted by atomic mass is 9.94. The molecule has 30 heavy (non-hydrogen) atoms. The van der Waals surface area contributed by atoms with Crippen molar-refractivity contribution in [2.75, 3.05) is 7.05 Å². The molecule has 0 unspecified atom stereocenters. The third-order valence-corrected chi connectivity index (χ3v) is 5.50. The second kappa shape index (κ2) is 9.03. The predicted molar refractivity (Wildman–Crippen MR) is 113 cm³/mol. The first-order valence-corrected chi connectivity index (χ1v) is 10.2. The molecule has 3 aromatic rings. The Morgan fingerprint density at radius 1 is 1.00 bits per heavy atom. The highest BCUT2D eigenvalue weighted by atomic mass is 19.1. The van der Waals surface area contributed by atoms with E-state index in [1.807, 2.05) is 11.9 Å². The molecule has 0 atom stereocenters. The van der Waals surface area contributed by atoms with Gasteiger partial charge in [-0.25, -0.2) is 9.37 Å². The first-order valence-electron chi connectivity index (χ1n) is 10.2. The summed E-state index contributed by atoms with van der Waals surface area (Å²) in [7, 11) is 1.89. The third kappa shape index (κ3) is 4.64. The fourth-order valence-corrected chi connectivity index (χ4v) is 3.76. The normalized spacial score (nSPS) is 14.3. The van der Waals surface area contributed by atoms with Crippen LogP contribution in [0.3, 0.4) is 0 Å². The summed E-state index contributed by atoms with van der Waals surface area (Å²) in [6.45, 7) is 0. The van der Waals surface area contributed by atoms with Crippen LogP contribution in [0.1, 0.15) is 42.5 Å². The number of aromatic nitrogens is 2. The molecule has 1 aliphatic rings. The number of nitrogens with zero attached hydrogens (tertiary/aromatic N) is 3. The van der Waals surface area contributed by atoms with Crippen molar-refractivity contribution in [3.05, 3.63) is 72.2 Å². The summed E-state index contributed by atoms with van der Waals surface area (Å²) in [4.78, 5) is 23.2. The van der Waals surface area contributed by atoms with Gasteiger partial charge in [-0.05, 0) is 61.4 Å². The maximum Gasteiger partial charge on any atom is 0.253 e. The van der Waals surface area contributed by atoms with Crippen LogP contribution >= 0.6 is 0 Å². The first-order chi connectivity index (χ1) is 14.6. The second-order valence-corrected chi connectivity index (χ2v) is 7.56. The Morgan fingerprint density at radius 2 is 1.70 bits per heavy atom. The Labute approximate surface area is 175 Å². The molecule has 0 N–H and O–H groups in total. The highest BCUT2D eigenvalue weighted by Crippen LogP contribution is 2.25. The van der Waals surface area contributed by atoms with E-state index in [9.17, 15) is 9.18 Å². The number of rotatable bonds is 5. The van der Waals surface area contributed by atoms with E-state index in [0.29, 0.717) is 34.6 Å². The number of carbonyl (C=O) groups excluding carboxylic acids is 1. The van der Waals surface area contributed by atoms with Gasteiger partial charge in [0.15, 0.2) is 5.82 Å². The van der Waals surface area contributed by atoms with Crippen molar-refractivity contribution >= 4 is 5.91 Å². The van der Waals surface area contributed by atoms with E-state index in [4.69, 9.17) is 4.74 Å². The maximum absolute atomic E-state index is 13.1. The molecule has 1 amide bonds. The molecule has 6 heteroatoms. The smallest absolute Gasteiger partial charge is 0.253 e. The minimum Gasteiger partial charge on any atom is -0.439 e. The molecule has 1 fully saturated rings. The van der Waals surface area contributed by atoms with E-state index in [0.717, 1.165) is 12.8 Å². The zero-order valence-electron chi connectivity index (χ0n) is 16.9. The van der Waals surface area contributed by atoms with Crippen LogP contribution in [0, 0.1) is 5.82 Å². The van der Waals surface area contributed by atoms with Crippen molar-refractivity contribution in [3.63, 3.8) is 0 Å². The molecule has 1 aliphatic carbocycles. The average Bonchev–Trinajstić information content (AvgIpc) is 2.80. The van der Waals surface area contributed by atoms with Crippen molar-refractivity contribution in [2.45, 2.75) is 38.1 Å². The summed E-state index contributed by atoms with van der Waals surface area (Å²) in [6.07, 6.45) is 7.39. The minimum absolute atomic E-state index is 0.0362. The van der Waals surface area contributed by atoms with Gasteiger partial charge in [-0.2, -0.15) is 4.98 Å². The topological polar surface area (TPSA) is 55.3 Å². The van der Waals surface area contributed by atoms with Crippen LogP contribution < -0.4 is 4.74 Å². The largest absolute Gasteiger partial charge is 0.439 e. The van der Waals surface area contributed by atoms with E-state index in [-0.39, 0.29) is 11.7 Å². The van der Waals surface area contributed by atoms with E-state index >= 15 is 0 Å². The Morgan fingerprint density at radius 3 is 2.40 bits per heavy atom. The molecule has 1 aromatic heterocycles. The number of hydrogen-bond donors (Lipinski definition) is 0. The van der Waals surface area contributed by atoms with Crippen molar-refractivity contribution in [1.82, 2.24) is 14.9 Å². The Kier molecular flexibility index (Phi) is 6.02. The number of halogens is 1. The highest BCUT2D eigenvalue weighted by molar-refractivity contribution is 5.94. The minimum atomic E-state index is -0.310. The summed E-state index contributed by atoms with van der Waals surface area (Å²) in [5.74, 6) is 1.13. The summed E-state index contributed by atoms with van der Waals surface area (Å²) >= 11 is 0. The quantitative estimate of drug-likeness (QED) is 0.564. The first kappa shape index (κ1) is 20.0. The lowest BCUT2D eigenvalue weighted by Gasteiger charge is -2.31. The number of carbonyl (C=O) groups is 1. The van der Waals surface area contributed by atoms with Gasteiger partial charge in [0.05, 0.1) is 0 Å². The second-order valence-electron chi connectivity index (χ2n) is 7.56. The molecule has 1 saturated carbocycles. The SMILES string of the molecule is CN(C(=O)c1ccc(Oc2ccnc(-c3ccc(F)cc3)n2)cc1)C1CCCCC1. The molecule has 1 heterocycles. The van der Waals surface area contributed by atoms with E-state index in [1.54, 1.807) is 48.7 Å². The van der Waals surface area contributed by atoms with Gasteiger partial charge in [-0.3, -0.25) is 4.79 Å². The van der Waals surface area contributed by atoms with Gasteiger partial charge in [-0.15, -0.1) is 0 Å². The monoisotopic (exact) mass is 405 g/mol. The zero-order valence-corrected chi connectivity index (χ0v) is 16.9. The van der Waals surface area contributed by atoms with Gasteiger partial charge in [0, 0.05) is 36.5 Å². The standard InChI is InChI=1S/C24H24FN3O2/c1-28(20-5-3-2-4-6-20)24(29)18-9-13-21(14-10-18)30-22-15-16-26-23(27-22)17-7-11-19(25)12-8-17/h7-16,20H,2-6H2,1H3. The van der Waals surface area contributed by atoms with Crippen LogP contribution in [-0.4, -0.2) is 33.9 Å². The average molecular weight is 405 g/mol. The molecule has 0 saturated heterocycles. The van der Waals surface area contributed by atoms with Gasteiger partial charge in [0.1, 0.15) is 11.6 Å². The third-order valence-electron chi connectivity index (χ3n) is 5.50. The van der Waals surface area contributed by atoms with Gasteiger partial charge >= 0.3 is 0 Å². The lowest BCUT2D eigenvalue weighted by Crippen LogP contribution is -2.38. The van der Waals surface area contributed by atoms with Crippen molar-refractivity contribution in [2.24, 2.45) is 0 Å². The molecule has 0 radical (unpaired) electrons. The Hall–Kier alpha value is -3.28. The number of benzene rings is 2. The van der Waals surface area contributed by atoms with Crippen LogP contribution in [0.5, 0.6) is 11.6 Å². The summed E-state index contributed by atoms with van der Waals surface area (Å²) in [5, 5.41) is 0. The molecule has 5 nitrogen and oxygen atoms in total. The molecule has 0 aliphatic heterocycles. The molecule has 2 aromatic carbocycles. The van der Waals surface area contributed by atoms with E-state index in [1.165, 1.54) is 31.4 Å². The zero-order chi connectivity index (χ0) is 20.9. The fourth-order valence-electron chi connectivity index (χ4n) is 3.76. The molecule has 0 bridgehead atoms. The summed E-state index contributed by atoms with van der Waals surface area (Å²) < 4.78 is 18.9. The number of amides is 1. The van der Waals surface area contributed by atoms with Crippen LogP contribution in [0.2, 0.25) is 0 Å². The predicted octanol–water partition coefficient (Wildman–Crippen LogP) is 5.48. The van der Waals surface area contributed by atoms with Crippen LogP contribution in [-0.2, 0) is 0 Å². The Bertz CT molecular complexity index is 1000. The molecule has 154 valence electrons. The van der Waals surface area contributed by atoms with Crippen LogP contribution in [0.15, 0.2) is 60.8 Å². The van der Waals surface area contributed by atoms with E-state index in [2.05, 4.69) is 9.97 Å². The molecule has 0 spiro atoms. The maximum atomic E-state index is 13.1. The molecule has 4 rings (SSSR count). The van der Waals surface area contributed by atoms with Gasteiger partial charge in [-0.1, -0.05) is 19.3 Å². The number of hydrogen-bond acceptors (Lipinski definition) is 4. The molecular weight excluding hydrogens is 381 g/mol. The fraction of sp³-hybridized carbons (Fsp3) is 0.292. The summed E-state index contributed by atoms with van der Waals surface area (Å²) in [6, 6.07) is 15.0. The van der Waals surface area contributed by atoms with Gasteiger partial charge < -0.3 is 9.64 Å². The highest BCUT2D eigenvalue weighted by Gasteiger charge is 2.22. The van der Waals surface area contributed by atoms with Crippen molar-refractivity contribution in [3.8, 4) is 23.0 Å². The lowest BCUT2D eigenvalue weighted by molar-refractivity contribution is 0.0696. The van der Waals surface area contributed by atoms with Crippen LogP contribution in [0.25, 0.3) is 11.4 Å². The van der Waals surface area contributed by atoms with Gasteiger partial charge in [0.25, 0.3) is 5.91 Å². The van der Waals surface area contributed by atoms with E-state index < -0.39 is 0 Å². The summed E-state index contributed by atoms with van der Waals surface area (Å²) in [5.41, 5.74) is 1.35. The molecular formula is C24H24FN3O2. The number of ether oxygens (including phenoxy) is 1. The van der Waals surface area contributed by atoms with Crippen molar-refractivity contribution in [1.29, 1.82) is 0 Å². The van der Waals surface area contributed by atoms with Gasteiger partial charge in [0.2, 0.25) is 5.88 Å². The Balaban J connectivity index is 1.44.